The first-order valence-corrected chi connectivity index (χ1v) is 7.71. The van der Waals surface area contributed by atoms with Crippen LogP contribution in [0.4, 0.5) is 5.69 Å². The van der Waals surface area contributed by atoms with E-state index in [2.05, 4.69) is 49.2 Å². The van der Waals surface area contributed by atoms with Crippen LogP contribution in [0.5, 0.6) is 0 Å². The summed E-state index contributed by atoms with van der Waals surface area (Å²) < 4.78 is 0. The molecule has 0 aliphatic rings. The summed E-state index contributed by atoms with van der Waals surface area (Å²) in [5, 5.41) is 4.02. The van der Waals surface area contributed by atoms with E-state index in [9.17, 15) is 0 Å². The van der Waals surface area contributed by atoms with Gasteiger partial charge in [-0.2, -0.15) is 0 Å². The third-order valence-corrected chi connectivity index (χ3v) is 3.88. The average Bonchev–Trinajstić information content (AvgIpc) is 2.41. The van der Waals surface area contributed by atoms with Crippen LogP contribution in [0.15, 0.2) is 18.2 Å². The maximum absolute atomic E-state index is 6.47. The zero-order valence-electron chi connectivity index (χ0n) is 12.7. The molecule has 0 spiro atoms. The number of hydrogen-bond donors (Lipinski definition) is 1. The molecular weight excluding hydrogens is 256 g/mol. The van der Waals surface area contributed by atoms with E-state index < -0.39 is 0 Å². The second-order valence-corrected chi connectivity index (χ2v) is 5.53. The summed E-state index contributed by atoms with van der Waals surface area (Å²) in [5.74, 6) is 0. The molecule has 2 nitrogen and oxygen atoms in total. The lowest BCUT2D eigenvalue weighted by Crippen LogP contribution is -2.33. The highest BCUT2D eigenvalue weighted by molar-refractivity contribution is 6.33. The van der Waals surface area contributed by atoms with E-state index >= 15 is 0 Å². The van der Waals surface area contributed by atoms with Gasteiger partial charge in [0, 0.05) is 19.1 Å². The Hall–Kier alpha value is -0.730. The summed E-state index contributed by atoms with van der Waals surface area (Å²) in [6.07, 6.45) is 3.56. The summed E-state index contributed by atoms with van der Waals surface area (Å²) >= 11 is 6.47. The van der Waals surface area contributed by atoms with Crippen LogP contribution in [0, 0.1) is 0 Å². The van der Waals surface area contributed by atoms with Crippen molar-refractivity contribution < 1.29 is 0 Å². The third-order valence-electron chi connectivity index (χ3n) is 3.58. The number of rotatable bonds is 8. The van der Waals surface area contributed by atoms with E-state index in [1.807, 2.05) is 7.05 Å². The van der Waals surface area contributed by atoms with Crippen LogP contribution in [0.25, 0.3) is 0 Å². The van der Waals surface area contributed by atoms with E-state index in [0.29, 0.717) is 6.04 Å². The van der Waals surface area contributed by atoms with Gasteiger partial charge in [-0.25, -0.2) is 0 Å². The Morgan fingerprint density at radius 2 is 2.05 bits per heavy atom. The Morgan fingerprint density at radius 3 is 2.58 bits per heavy atom. The Bertz CT molecular complexity index is 379. The Balaban J connectivity index is 2.94. The van der Waals surface area contributed by atoms with Crippen molar-refractivity contribution in [2.24, 2.45) is 0 Å². The molecular formula is C16H27ClN2. The summed E-state index contributed by atoms with van der Waals surface area (Å²) in [5.41, 5.74) is 2.40. The maximum Gasteiger partial charge on any atom is 0.0642 e. The van der Waals surface area contributed by atoms with Crippen molar-refractivity contribution in [1.82, 2.24) is 5.32 Å². The molecule has 1 atom stereocenters. The van der Waals surface area contributed by atoms with Gasteiger partial charge in [0.05, 0.1) is 10.7 Å². The normalized spacial score (nSPS) is 12.5. The first kappa shape index (κ1) is 16.3. The molecule has 19 heavy (non-hydrogen) atoms. The number of unbranched alkanes of at least 4 members (excludes halogenated alkanes) is 1. The van der Waals surface area contributed by atoms with Crippen molar-refractivity contribution in [2.75, 3.05) is 18.5 Å². The van der Waals surface area contributed by atoms with Gasteiger partial charge in [-0.15, -0.1) is 0 Å². The molecule has 1 unspecified atom stereocenters. The zero-order chi connectivity index (χ0) is 14.3. The summed E-state index contributed by atoms with van der Waals surface area (Å²) in [6, 6.07) is 6.93. The van der Waals surface area contributed by atoms with Gasteiger partial charge >= 0.3 is 0 Å². The molecule has 0 saturated carbocycles. The largest absolute Gasteiger partial charge is 0.368 e. The molecule has 0 aliphatic carbocycles. The number of nitrogens with zero attached hydrogens (tertiary/aromatic N) is 1. The van der Waals surface area contributed by atoms with Crippen LogP contribution < -0.4 is 10.2 Å². The fourth-order valence-electron chi connectivity index (χ4n) is 2.22. The second-order valence-electron chi connectivity index (χ2n) is 5.12. The highest BCUT2D eigenvalue weighted by Gasteiger charge is 2.15. The van der Waals surface area contributed by atoms with Crippen LogP contribution in [-0.4, -0.2) is 19.6 Å². The van der Waals surface area contributed by atoms with Gasteiger partial charge in [0.1, 0.15) is 0 Å². The van der Waals surface area contributed by atoms with E-state index in [1.54, 1.807) is 0 Å². The lowest BCUT2D eigenvalue weighted by molar-refractivity contribution is 0.596. The quantitative estimate of drug-likeness (QED) is 0.757. The van der Waals surface area contributed by atoms with Crippen LogP contribution >= 0.6 is 11.6 Å². The molecule has 0 radical (unpaired) electrons. The van der Waals surface area contributed by atoms with Gasteiger partial charge in [-0.3, -0.25) is 0 Å². The van der Waals surface area contributed by atoms with Gasteiger partial charge < -0.3 is 10.2 Å². The average molecular weight is 283 g/mol. The molecule has 0 aliphatic heterocycles. The van der Waals surface area contributed by atoms with Gasteiger partial charge in [0.25, 0.3) is 0 Å². The summed E-state index contributed by atoms with van der Waals surface area (Å²) in [6.45, 7) is 8.67. The van der Waals surface area contributed by atoms with Crippen molar-refractivity contribution in [3.63, 3.8) is 0 Å². The van der Waals surface area contributed by atoms with Crippen molar-refractivity contribution in [2.45, 2.75) is 52.6 Å². The molecule has 0 fully saturated rings. The van der Waals surface area contributed by atoms with E-state index in [4.69, 9.17) is 11.6 Å². The minimum atomic E-state index is 0.527. The molecule has 0 bridgehead atoms. The van der Waals surface area contributed by atoms with Crippen molar-refractivity contribution >= 4 is 17.3 Å². The minimum Gasteiger partial charge on any atom is -0.368 e. The first-order valence-electron chi connectivity index (χ1n) is 7.33. The van der Waals surface area contributed by atoms with Crippen LogP contribution in [0.2, 0.25) is 5.02 Å². The number of halogens is 1. The Labute approximate surface area is 123 Å². The zero-order valence-corrected chi connectivity index (χ0v) is 13.4. The second kappa shape index (κ2) is 8.44. The Morgan fingerprint density at radius 1 is 1.32 bits per heavy atom. The predicted octanol–water partition coefficient (Wildman–Crippen LogP) is 4.46. The van der Waals surface area contributed by atoms with E-state index in [-0.39, 0.29) is 0 Å². The third kappa shape index (κ3) is 4.70. The maximum atomic E-state index is 6.47. The summed E-state index contributed by atoms with van der Waals surface area (Å²) in [4.78, 5) is 2.44. The van der Waals surface area contributed by atoms with Crippen molar-refractivity contribution in [1.29, 1.82) is 0 Å². The smallest absolute Gasteiger partial charge is 0.0642 e. The number of anilines is 1. The fourth-order valence-corrected chi connectivity index (χ4v) is 2.54. The van der Waals surface area contributed by atoms with Gasteiger partial charge in [0.15, 0.2) is 0 Å². The predicted molar refractivity (Wildman–Crippen MR) is 86.2 cm³/mol. The lowest BCUT2D eigenvalue weighted by atomic mass is 10.1. The fraction of sp³-hybridized carbons (Fsp3) is 0.625. The van der Waals surface area contributed by atoms with E-state index in [1.165, 1.54) is 24.1 Å². The molecule has 108 valence electrons. The number of nitrogens with one attached hydrogen (secondary N) is 1. The standard InChI is InChI=1S/C16H27ClN2/c1-5-7-10-19(13(3)6-2)16-9-8-14(12-18-4)11-15(16)17/h8-9,11,13,18H,5-7,10,12H2,1-4H3. The van der Waals surface area contributed by atoms with Crippen molar-refractivity contribution in [3.8, 4) is 0 Å². The van der Waals surface area contributed by atoms with Gasteiger partial charge in [-0.05, 0) is 44.5 Å². The topological polar surface area (TPSA) is 15.3 Å². The molecule has 3 heteroatoms. The highest BCUT2D eigenvalue weighted by Crippen LogP contribution is 2.29. The molecule has 0 saturated heterocycles. The molecule has 1 rings (SSSR count). The molecule has 0 heterocycles. The lowest BCUT2D eigenvalue weighted by Gasteiger charge is -2.31. The van der Waals surface area contributed by atoms with Crippen LogP contribution in [0.1, 0.15) is 45.6 Å². The van der Waals surface area contributed by atoms with Gasteiger partial charge in [-0.1, -0.05) is 37.9 Å². The first-order chi connectivity index (χ1) is 9.13. The SMILES string of the molecule is CCCCN(c1ccc(CNC)cc1Cl)C(C)CC. The van der Waals surface area contributed by atoms with Crippen LogP contribution in [0.3, 0.4) is 0 Å². The number of benzene rings is 1. The molecule has 1 N–H and O–H groups in total. The summed E-state index contributed by atoms with van der Waals surface area (Å²) in [7, 11) is 1.95. The molecule has 0 amide bonds. The molecule has 1 aromatic carbocycles. The minimum absolute atomic E-state index is 0.527. The number of hydrogen-bond acceptors (Lipinski definition) is 2. The van der Waals surface area contributed by atoms with E-state index in [0.717, 1.165) is 24.5 Å². The Kier molecular flexibility index (Phi) is 7.25. The van der Waals surface area contributed by atoms with Crippen LogP contribution in [-0.2, 0) is 6.54 Å². The van der Waals surface area contributed by atoms with Crippen molar-refractivity contribution in [3.05, 3.63) is 28.8 Å². The highest BCUT2D eigenvalue weighted by atomic mass is 35.5. The molecule has 0 aromatic heterocycles. The monoisotopic (exact) mass is 282 g/mol. The van der Waals surface area contributed by atoms with Gasteiger partial charge in [0.2, 0.25) is 0 Å². The molecule has 1 aromatic rings.